The minimum atomic E-state index is -0.544. The van der Waals surface area contributed by atoms with Crippen molar-refractivity contribution in [3.8, 4) is 0 Å². The van der Waals surface area contributed by atoms with Gasteiger partial charge in [-0.2, -0.15) is 0 Å². The van der Waals surface area contributed by atoms with Crippen molar-refractivity contribution in [3.63, 3.8) is 0 Å². The van der Waals surface area contributed by atoms with Crippen molar-refractivity contribution >= 4 is 11.9 Å². The third-order valence-electron chi connectivity index (χ3n) is 1.12. The summed E-state index contributed by atoms with van der Waals surface area (Å²) in [5.74, 6) is -0.383. The maximum absolute atomic E-state index is 10.7. The minimum absolute atomic E-state index is 0.383. The Hall–Kier alpha value is -1.14. The molecule has 1 saturated heterocycles. The first-order valence-electron chi connectivity index (χ1n) is 2.77. The van der Waals surface area contributed by atoms with Gasteiger partial charge in [-0.15, -0.1) is 0 Å². The van der Waals surface area contributed by atoms with Crippen LogP contribution in [-0.4, -0.2) is 25.2 Å². The highest BCUT2D eigenvalue weighted by Crippen LogP contribution is 1.80. The van der Waals surface area contributed by atoms with Gasteiger partial charge in [-0.1, -0.05) is 0 Å². The lowest BCUT2D eigenvalue weighted by Gasteiger charge is -2.22. The van der Waals surface area contributed by atoms with E-state index in [1.165, 1.54) is 0 Å². The fourth-order valence-electron chi connectivity index (χ4n) is 0.622. The summed E-state index contributed by atoms with van der Waals surface area (Å²) < 4.78 is 0. The maximum atomic E-state index is 10.7. The molecule has 6 heteroatoms. The van der Waals surface area contributed by atoms with Crippen LogP contribution < -0.4 is 21.5 Å². The molecule has 0 saturated carbocycles. The van der Waals surface area contributed by atoms with Crippen molar-refractivity contribution in [1.29, 1.82) is 0 Å². The number of nitrogens with one attached hydrogen (secondary N) is 4. The van der Waals surface area contributed by atoms with E-state index >= 15 is 0 Å². The molecular formula is C4H8N4O2. The SMILES string of the molecule is CNC1NNC(=O)NC1=O. The highest BCUT2D eigenvalue weighted by molar-refractivity contribution is 5.98. The van der Waals surface area contributed by atoms with Crippen LogP contribution in [0.25, 0.3) is 0 Å². The number of imide groups is 1. The molecule has 1 unspecified atom stereocenters. The molecule has 3 amide bonds. The average molecular weight is 144 g/mol. The van der Waals surface area contributed by atoms with Gasteiger partial charge in [-0.3, -0.25) is 20.9 Å². The summed E-state index contributed by atoms with van der Waals surface area (Å²) in [5.41, 5.74) is 4.68. The van der Waals surface area contributed by atoms with Gasteiger partial charge in [-0.25, -0.2) is 10.2 Å². The molecule has 1 atom stereocenters. The molecule has 0 radical (unpaired) electrons. The Morgan fingerprint density at radius 3 is 2.70 bits per heavy atom. The molecule has 10 heavy (non-hydrogen) atoms. The number of amides is 3. The van der Waals surface area contributed by atoms with E-state index in [4.69, 9.17) is 0 Å². The Kier molecular flexibility index (Phi) is 1.83. The van der Waals surface area contributed by atoms with Gasteiger partial charge in [-0.05, 0) is 7.05 Å². The maximum Gasteiger partial charge on any atom is 0.335 e. The summed E-state index contributed by atoms with van der Waals surface area (Å²) in [6, 6.07) is -0.531. The quantitative estimate of drug-likeness (QED) is 0.339. The number of urea groups is 1. The summed E-state index contributed by atoms with van der Waals surface area (Å²) >= 11 is 0. The molecule has 6 nitrogen and oxygen atoms in total. The summed E-state index contributed by atoms with van der Waals surface area (Å²) in [7, 11) is 1.61. The highest BCUT2D eigenvalue weighted by Gasteiger charge is 2.23. The molecule has 1 aliphatic rings. The second kappa shape index (κ2) is 2.63. The average Bonchev–Trinajstić information content (AvgIpc) is 1.88. The van der Waals surface area contributed by atoms with E-state index in [0.29, 0.717) is 0 Å². The third-order valence-corrected chi connectivity index (χ3v) is 1.12. The molecule has 0 aliphatic carbocycles. The topological polar surface area (TPSA) is 82.3 Å². The molecule has 4 N–H and O–H groups in total. The molecule has 56 valence electrons. The predicted molar refractivity (Wildman–Crippen MR) is 32.7 cm³/mol. The standard InChI is InChI=1S/C4H8N4O2/c1-5-2-3(9)6-4(10)8-7-2/h2,5,7H,1H3,(H2,6,8,9,10). The fraction of sp³-hybridized carbons (Fsp3) is 0.500. The van der Waals surface area contributed by atoms with Crippen molar-refractivity contribution in [3.05, 3.63) is 0 Å². The van der Waals surface area contributed by atoms with Crippen LogP contribution in [0.2, 0.25) is 0 Å². The van der Waals surface area contributed by atoms with Crippen molar-refractivity contribution in [2.24, 2.45) is 0 Å². The molecular weight excluding hydrogens is 136 g/mol. The molecule has 0 bridgehead atoms. The summed E-state index contributed by atoms with van der Waals surface area (Å²) in [5, 5.41) is 4.70. The Labute approximate surface area is 57.3 Å². The van der Waals surface area contributed by atoms with E-state index < -0.39 is 12.2 Å². The molecule has 1 heterocycles. The van der Waals surface area contributed by atoms with Gasteiger partial charge in [0.1, 0.15) is 0 Å². The lowest BCUT2D eigenvalue weighted by molar-refractivity contribution is -0.123. The van der Waals surface area contributed by atoms with Crippen molar-refractivity contribution in [2.45, 2.75) is 6.17 Å². The zero-order chi connectivity index (χ0) is 7.56. The summed E-state index contributed by atoms with van der Waals surface area (Å²) in [4.78, 5) is 21.1. The number of likely N-dealkylation sites (N-methyl/N-ethyl adjacent to an activating group) is 1. The molecule has 1 aliphatic heterocycles. The van der Waals surface area contributed by atoms with Gasteiger partial charge >= 0.3 is 6.03 Å². The first-order chi connectivity index (χ1) is 4.74. The first kappa shape index (κ1) is 6.97. The number of hydrogen-bond donors (Lipinski definition) is 4. The Morgan fingerprint density at radius 2 is 2.20 bits per heavy atom. The van der Waals surface area contributed by atoms with E-state index in [-0.39, 0.29) is 5.91 Å². The van der Waals surface area contributed by atoms with Crippen LogP contribution in [0.4, 0.5) is 4.79 Å². The van der Waals surface area contributed by atoms with E-state index in [1.807, 2.05) is 0 Å². The second-order valence-corrected chi connectivity index (χ2v) is 1.81. The van der Waals surface area contributed by atoms with Crippen LogP contribution in [0.5, 0.6) is 0 Å². The van der Waals surface area contributed by atoms with E-state index in [2.05, 4.69) is 21.5 Å². The zero-order valence-corrected chi connectivity index (χ0v) is 5.39. The normalized spacial score (nSPS) is 25.5. The summed E-state index contributed by atoms with van der Waals surface area (Å²) in [6.45, 7) is 0. The van der Waals surface area contributed by atoms with Gasteiger partial charge in [0, 0.05) is 0 Å². The fourth-order valence-corrected chi connectivity index (χ4v) is 0.622. The highest BCUT2D eigenvalue weighted by atomic mass is 16.2. The van der Waals surface area contributed by atoms with Crippen LogP contribution >= 0.6 is 0 Å². The molecule has 1 rings (SSSR count). The lowest BCUT2D eigenvalue weighted by atomic mass is 10.4. The van der Waals surface area contributed by atoms with Crippen LogP contribution in [0, 0.1) is 0 Å². The number of carbonyl (C=O) groups excluding carboxylic acids is 2. The predicted octanol–water partition coefficient (Wildman–Crippen LogP) is -2.12. The Morgan fingerprint density at radius 1 is 1.50 bits per heavy atom. The number of hydrazine groups is 1. The van der Waals surface area contributed by atoms with Crippen molar-refractivity contribution < 1.29 is 9.59 Å². The third kappa shape index (κ3) is 1.23. The van der Waals surface area contributed by atoms with Crippen LogP contribution in [-0.2, 0) is 4.79 Å². The van der Waals surface area contributed by atoms with Crippen molar-refractivity contribution in [1.82, 2.24) is 21.5 Å². The number of rotatable bonds is 1. The summed E-state index contributed by atoms with van der Waals surface area (Å²) in [6.07, 6.45) is -0.544. The van der Waals surface area contributed by atoms with Gasteiger partial charge in [0.05, 0.1) is 0 Å². The van der Waals surface area contributed by atoms with Gasteiger partial charge in [0.15, 0.2) is 6.17 Å². The second-order valence-electron chi connectivity index (χ2n) is 1.81. The molecule has 0 aromatic rings. The van der Waals surface area contributed by atoms with Crippen molar-refractivity contribution in [2.75, 3.05) is 7.05 Å². The first-order valence-corrected chi connectivity index (χ1v) is 2.77. The molecule has 0 spiro atoms. The minimum Gasteiger partial charge on any atom is -0.296 e. The molecule has 1 fully saturated rings. The smallest absolute Gasteiger partial charge is 0.296 e. The molecule has 0 aromatic heterocycles. The lowest BCUT2D eigenvalue weighted by Crippen LogP contribution is -2.66. The number of carbonyl (C=O) groups is 2. The van der Waals surface area contributed by atoms with Gasteiger partial charge in [0.2, 0.25) is 0 Å². The van der Waals surface area contributed by atoms with Gasteiger partial charge in [0.25, 0.3) is 5.91 Å². The van der Waals surface area contributed by atoms with Crippen LogP contribution in [0.15, 0.2) is 0 Å². The van der Waals surface area contributed by atoms with Crippen LogP contribution in [0.1, 0.15) is 0 Å². The largest absolute Gasteiger partial charge is 0.335 e. The Bertz CT molecular complexity index is 169. The van der Waals surface area contributed by atoms with E-state index in [1.54, 1.807) is 7.05 Å². The monoisotopic (exact) mass is 144 g/mol. The van der Waals surface area contributed by atoms with E-state index in [9.17, 15) is 9.59 Å². The van der Waals surface area contributed by atoms with Crippen LogP contribution in [0.3, 0.4) is 0 Å². The zero-order valence-electron chi connectivity index (χ0n) is 5.39. The van der Waals surface area contributed by atoms with E-state index in [0.717, 1.165) is 0 Å². The van der Waals surface area contributed by atoms with Gasteiger partial charge < -0.3 is 0 Å². The number of hydrogen-bond acceptors (Lipinski definition) is 4. The Balaban J connectivity index is 2.51. The molecule has 0 aromatic carbocycles.